The zero-order chi connectivity index (χ0) is 47.5. The summed E-state index contributed by atoms with van der Waals surface area (Å²) in [5.41, 5.74) is 1.95. The van der Waals surface area contributed by atoms with E-state index in [9.17, 15) is 0 Å². The molecule has 338 valence electrons. The highest BCUT2D eigenvalue weighted by molar-refractivity contribution is 7.20. The maximum Gasteiger partial charge on any atom is 0.254 e. The number of fused-ring (bicyclic) bond motifs is 3. The fourth-order valence-electron chi connectivity index (χ4n) is 10.4. The number of pyridine rings is 2. The molecule has 0 fully saturated rings. The summed E-state index contributed by atoms with van der Waals surface area (Å²) in [6.07, 6.45) is 6.84. The molecule has 12 rings (SSSR count). The van der Waals surface area contributed by atoms with Crippen molar-refractivity contribution in [2.24, 2.45) is 0 Å². The average molecular weight is 949 g/mol. The number of nitrogens with zero attached hydrogens (tertiary/aromatic N) is 6. The summed E-state index contributed by atoms with van der Waals surface area (Å²) in [7, 11) is -6.25. The van der Waals surface area contributed by atoms with E-state index in [0.29, 0.717) is 17.7 Å². The fraction of sp³-hybridized carbons (Fsp3) is 0. The lowest BCUT2D eigenvalue weighted by atomic mass is 10.1. The number of hydrogen-bond acceptors (Lipinski definition) is 7. The van der Waals surface area contributed by atoms with Gasteiger partial charge < -0.3 is 9.47 Å². The van der Waals surface area contributed by atoms with Gasteiger partial charge in [-0.3, -0.25) is 4.57 Å². The van der Waals surface area contributed by atoms with E-state index in [2.05, 4.69) is 214 Å². The average Bonchev–Trinajstić information content (AvgIpc) is 3.77. The normalized spacial score (nSPS) is 11.7. The third-order valence-electron chi connectivity index (χ3n) is 13.4. The molecule has 0 atom stereocenters. The Morgan fingerprint density at radius 2 is 0.704 bits per heavy atom. The highest BCUT2D eigenvalue weighted by Crippen LogP contribution is 2.32. The monoisotopic (exact) mass is 948 g/mol. The third kappa shape index (κ3) is 7.77. The van der Waals surface area contributed by atoms with Crippen LogP contribution in [0, 0.1) is 0 Å². The van der Waals surface area contributed by atoms with Crippen molar-refractivity contribution in [2.75, 3.05) is 0 Å². The van der Waals surface area contributed by atoms with Gasteiger partial charge in [0.05, 0.1) is 23.4 Å². The molecule has 12 aromatic rings. The summed E-state index contributed by atoms with van der Waals surface area (Å²) in [5.74, 6) is 2.99. The van der Waals surface area contributed by atoms with E-state index in [4.69, 9.17) is 19.6 Å². The van der Waals surface area contributed by atoms with Gasteiger partial charge in [-0.15, -0.1) is 5.10 Å². The summed E-state index contributed by atoms with van der Waals surface area (Å²) in [4.78, 5) is 13.9. The van der Waals surface area contributed by atoms with Crippen molar-refractivity contribution >= 4 is 79.4 Å². The molecule has 0 saturated heterocycles. The molecule has 0 aliphatic heterocycles. The fourth-order valence-corrected chi connectivity index (χ4v) is 20.0. The molecule has 0 spiro atoms. The maximum absolute atomic E-state index is 6.45. The van der Waals surface area contributed by atoms with Gasteiger partial charge in [-0.25, -0.2) is 15.0 Å². The molecule has 0 radical (unpaired) electrons. The van der Waals surface area contributed by atoms with Crippen LogP contribution in [0.1, 0.15) is 0 Å². The van der Waals surface area contributed by atoms with Gasteiger partial charge in [-0.2, -0.15) is 5.10 Å². The second kappa shape index (κ2) is 18.8. The number of rotatable bonds is 13. The smallest absolute Gasteiger partial charge is 0.254 e. The van der Waals surface area contributed by atoms with Crippen LogP contribution in [0.25, 0.3) is 27.8 Å². The number of benzene rings is 8. The second-order valence-corrected chi connectivity index (χ2v) is 24.9. The van der Waals surface area contributed by atoms with Gasteiger partial charge in [0.1, 0.15) is 11.5 Å². The van der Waals surface area contributed by atoms with Gasteiger partial charge >= 0.3 is 0 Å². The van der Waals surface area contributed by atoms with Crippen LogP contribution in [0.15, 0.2) is 267 Å². The van der Waals surface area contributed by atoms with Crippen LogP contribution in [-0.2, 0) is 0 Å². The van der Waals surface area contributed by atoms with E-state index in [1.165, 1.54) is 41.5 Å². The molecular formula is C61H44N6O2Si2. The molecule has 0 unspecified atom stereocenters. The second-order valence-electron chi connectivity index (χ2n) is 17.3. The van der Waals surface area contributed by atoms with E-state index in [-0.39, 0.29) is 0 Å². The maximum atomic E-state index is 6.45. The molecule has 8 nitrogen and oxygen atoms in total. The summed E-state index contributed by atoms with van der Waals surface area (Å²) in [6, 6.07) is 86.2. The van der Waals surface area contributed by atoms with Crippen LogP contribution in [0.4, 0.5) is 0 Å². The van der Waals surface area contributed by atoms with E-state index < -0.39 is 16.1 Å². The molecule has 4 aromatic heterocycles. The molecule has 0 N–H and O–H groups in total. The predicted molar refractivity (Wildman–Crippen MR) is 290 cm³/mol. The predicted octanol–water partition coefficient (Wildman–Crippen LogP) is 8.10. The largest absolute Gasteiger partial charge is 0.439 e. The Morgan fingerprint density at radius 3 is 1.08 bits per heavy atom. The van der Waals surface area contributed by atoms with Crippen LogP contribution in [0.3, 0.4) is 0 Å². The highest BCUT2D eigenvalue weighted by Gasteiger charge is 2.44. The Labute approximate surface area is 413 Å². The number of hydrogen-bond donors (Lipinski definition) is 0. The molecule has 0 amide bonds. The summed E-state index contributed by atoms with van der Waals surface area (Å²) < 4.78 is 15.1. The Morgan fingerprint density at radius 1 is 0.310 bits per heavy atom. The zero-order valence-electron chi connectivity index (χ0n) is 38.4. The van der Waals surface area contributed by atoms with Gasteiger partial charge in [-0.05, 0) is 90.0 Å². The number of aromatic nitrogens is 6. The van der Waals surface area contributed by atoms with Crippen molar-refractivity contribution in [1.29, 1.82) is 0 Å². The van der Waals surface area contributed by atoms with Crippen LogP contribution in [0.5, 0.6) is 23.3 Å². The lowest BCUT2D eigenvalue weighted by Gasteiger charge is -2.34. The molecule has 71 heavy (non-hydrogen) atoms. The molecule has 0 aliphatic carbocycles. The SMILES string of the molecule is c1ccc([Si](c2ccccc2)(c2cccc(Oc3ccccn3)c2)c2ccc3c4ccc([Si](c5ccccc5)(c5ccccc5)c5cccc(Oc6ccccn6)c5)cc4n(-c4nccnn4)c3c2)cc1. The molecule has 0 saturated carbocycles. The first-order valence-corrected chi connectivity index (χ1v) is 27.5. The van der Waals surface area contributed by atoms with Crippen LogP contribution >= 0.6 is 0 Å². The van der Waals surface area contributed by atoms with E-state index in [1.54, 1.807) is 24.8 Å². The van der Waals surface area contributed by atoms with Gasteiger partial charge in [-0.1, -0.05) is 182 Å². The first-order valence-electron chi connectivity index (χ1n) is 23.5. The van der Waals surface area contributed by atoms with Crippen molar-refractivity contribution in [1.82, 2.24) is 29.7 Å². The minimum Gasteiger partial charge on any atom is -0.439 e. The van der Waals surface area contributed by atoms with Crippen molar-refractivity contribution in [3.8, 4) is 29.2 Å². The summed E-state index contributed by atoms with van der Waals surface area (Å²) >= 11 is 0. The quantitative estimate of drug-likeness (QED) is 0.0854. The molecule has 0 bridgehead atoms. The Kier molecular flexibility index (Phi) is 11.4. The van der Waals surface area contributed by atoms with Crippen LogP contribution in [0.2, 0.25) is 0 Å². The molecule has 4 heterocycles. The third-order valence-corrected chi connectivity index (χ3v) is 22.9. The number of ether oxygens (including phenoxy) is 2. The molecule has 10 heteroatoms. The lowest BCUT2D eigenvalue weighted by Crippen LogP contribution is -2.74. The van der Waals surface area contributed by atoms with Crippen molar-refractivity contribution in [2.45, 2.75) is 0 Å². The van der Waals surface area contributed by atoms with Gasteiger partial charge in [0.15, 0.2) is 16.1 Å². The van der Waals surface area contributed by atoms with Gasteiger partial charge in [0.25, 0.3) is 5.95 Å². The Hall–Kier alpha value is -9.10. The van der Waals surface area contributed by atoms with Crippen LogP contribution in [-0.4, -0.2) is 45.9 Å². The van der Waals surface area contributed by atoms with E-state index in [0.717, 1.165) is 33.3 Å². The van der Waals surface area contributed by atoms with Crippen molar-refractivity contribution in [3.63, 3.8) is 0 Å². The van der Waals surface area contributed by atoms with Gasteiger partial charge in [0, 0.05) is 35.3 Å². The first kappa shape index (κ1) is 43.2. The van der Waals surface area contributed by atoms with Crippen molar-refractivity contribution in [3.05, 3.63) is 267 Å². The minimum absolute atomic E-state index is 0.483. The first-order chi connectivity index (χ1) is 35.2. The zero-order valence-corrected chi connectivity index (χ0v) is 40.4. The van der Waals surface area contributed by atoms with E-state index in [1.807, 2.05) is 48.5 Å². The molecule has 0 aliphatic rings. The molecule has 8 aromatic carbocycles. The Bertz CT molecular complexity index is 3450. The standard InChI is InChI=1S/C61H44N6O2Si2/c1-5-21-47(22-6-1)70(48-23-7-2-8-24-48,51-29-17-19-45(41-51)68-59-31-13-15-37-62-59)53-33-35-55-56-36-34-54(44-58(56)67(57(55)43-53)61-64-39-40-65-66-61)71(49-25-9-3-10-26-49,50-27-11-4-12-28-50)52-30-18-20-46(42-52)69-60-32-14-16-38-63-60/h1-44H. The highest BCUT2D eigenvalue weighted by atomic mass is 28.3. The Balaban J connectivity index is 1.13. The summed E-state index contributed by atoms with van der Waals surface area (Å²) in [6.45, 7) is 0. The lowest BCUT2D eigenvalue weighted by molar-refractivity contribution is 0.463. The van der Waals surface area contributed by atoms with Gasteiger partial charge in [0.2, 0.25) is 11.8 Å². The summed E-state index contributed by atoms with van der Waals surface area (Å²) in [5, 5.41) is 21.0. The van der Waals surface area contributed by atoms with Crippen molar-refractivity contribution < 1.29 is 9.47 Å². The minimum atomic E-state index is -3.13. The molecular weight excluding hydrogens is 905 g/mol. The van der Waals surface area contributed by atoms with E-state index >= 15 is 0 Å². The topological polar surface area (TPSA) is 87.8 Å². The van der Waals surface area contributed by atoms with Crippen LogP contribution < -0.4 is 51.0 Å².